The van der Waals surface area contributed by atoms with Gasteiger partial charge in [0.2, 0.25) is 11.8 Å². The Kier molecular flexibility index (Phi) is 3.17. The molecule has 0 radical (unpaired) electrons. The zero-order valence-corrected chi connectivity index (χ0v) is 11.8. The molecule has 1 saturated carbocycles. The molecule has 5 heteroatoms. The third kappa shape index (κ3) is 2.10. The van der Waals surface area contributed by atoms with Gasteiger partial charge in [-0.2, -0.15) is 0 Å². The number of benzene rings is 1. The summed E-state index contributed by atoms with van der Waals surface area (Å²) in [4.78, 5) is 25.5. The first-order valence-corrected chi connectivity index (χ1v) is 7.16. The van der Waals surface area contributed by atoms with Gasteiger partial charge in [0.25, 0.3) is 0 Å². The van der Waals surface area contributed by atoms with Gasteiger partial charge in [-0.25, -0.2) is 4.39 Å². The first-order valence-electron chi connectivity index (χ1n) is 6.37. The Morgan fingerprint density at radius 2 is 1.84 bits per heavy atom. The normalized spacial score (nSPS) is 26.1. The van der Waals surface area contributed by atoms with E-state index in [0.717, 1.165) is 19.3 Å². The highest BCUT2D eigenvalue weighted by molar-refractivity contribution is 9.10. The van der Waals surface area contributed by atoms with Crippen LogP contribution in [0.15, 0.2) is 22.7 Å². The number of fused-ring (bicyclic) bond motifs is 1. The van der Waals surface area contributed by atoms with Crippen LogP contribution in [0.2, 0.25) is 0 Å². The minimum Gasteiger partial charge on any atom is -0.278 e. The second kappa shape index (κ2) is 4.71. The highest BCUT2D eigenvalue weighted by Gasteiger charge is 2.49. The van der Waals surface area contributed by atoms with Crippen LogP contribution in [0, 0.1) is 17.7 Å². The summed E-state index contributed by atoms with van der Waals surface area (Å²) in [6.45, 7) is 0.0454. The Labute approximate surface area is 118 Å². The lowest BCUT2D eigenvalue weighted by Gasteiger charge is -2.16. The molecule has 19 heavy (non-hydrogen) atoms. The predicted molar refractivity (Wildman–Crippen MR) is 70.5 cm³/mol. The van der Waals surface area contributed by atoms with Crippen molar-refractivity contribution in [2.24, 2.45) is 11.8 Å². The lowest BCUT2D eigenvalue weighted by atomic mass is 10.00. The number of hydrogen-bond donors (Lipinski definition) is 0. The predicted octanol–water partition coefficient (Wildman–Crippen LogP) is 2.87. The van der Waals surface area contributed by atoms with E-state index in [0.29, 0.717) is 10.0 Å². The molecule has 0 N–H and O–H groups in total. The van der Waals surface area contributed by atoms with Crippen molar-refractivity contribution in [1.82, 2.24) is 4.90 Å². The van der Waals surface area contributed by atoms with Gasteiger partial charge in [0.1, 0.15) is 5.82 Å². The van der Waals surface area contributed by atoms with E-state index in [-0.39, 0.29) is 30.2 Å². The summed E-state index contributed by atoms with van der Waals surface area (Å²) in [6.07, 6.45) is 2.51. The van der Waals surface area contributed by atoms with Crippen LogP contribution in [0.1, 0.15) is 24.8 Å². The average molecular weight is 326 g/mol. The maximum atomic E-state index is 13.8. The van der Waals surface area contributed by atoms with E-state index in [1.54, 1.807) is 12.1 Å². The van der Waals surface area contributed by atoms with Crippen molar-refractivity contribution in [3.05, 3.63) is 34.1 Å². The van der Waals surface area contributed by atoms with Crippen molar-refractivity contribution in [3.63, 3.8) is 0 Å². The van der Waals surface area contributed by atoms with Crippen LogP contribution in [0.3, 0.4) is 0 Å². The van der Waals surface area contributed by atoms with Gasteiger partial charge in [-0.15, -0.1) is 0 Å². The number of imide groups is 1. The lowest BCUT2D eigenvalue weighted by Crippen LogP contribution is -2.31. The number of rotatable bonds is 2. The summed E-state index contributed by atoms with van der Waals surface area (Å²) in [5.41, 5.74) is 0.380. The Morgan fingerprint density at radius 1 is 1.21 bits per heavy atom. The molecule has 100 valence electrons. The van der Waals surface area contributed by atoms with Gasteiger partial charge >= 0.3 is 0 Å². The van der Waals surface area contributed by atoms with Crippen LogP contribution in [0.4, 0.5) is 4.39 Å². The highest BCUT2D eigenvalue weighted by Crippen LogP contribution is 2.40. The third-order valence-corrected chi connectivity index (χ3v) is 4.52. The molecule has 1 aliphatic heterocycles. The largest absolute Gasteiger partial charge is 0.278 e. The molecule has 0 aromatic heterocycles. The molecule has 1 saturated heterocycles. The Morgan fingerprint density at radius 3 is 2.42 bits per heavy atom. The number of carbonyl (C=O) groups is 2. The van der Waals surface area contributed by atoms with Crippen LogP contribution >= 0.6 is 15.9 Å². The van der Waals surface area contributed by atoms with E-state index in [1.807, 2.05) is 0 Å². The zero-order valence-electron chi connectivity index (χ0n) is 10.2. The molecule has 2 atom stereocenters. The summed E-state index contributed by atoms with van der Waals surface area (Å²) in [5, 5.41) is 0. The van der Waals surface area contributed by atoms with Gasteiger partial charge in [0, 0.05) is 10.0 Å². The maximum Gasteiger partial charge on any atom is 0.233 e. The van der Waals surface area contributed by atoms with Gasteiger partial charge in [-0.05, 0) is 25.0 Å². The lowest BCUT2D eigenvalue weighted by molar-refractivity contribution is -0.141. The Hall–Kier alpha value is -1.23. The molecular formula is C14H13BrFNO2. The number of hydrogen-bond acceptors (Lipinski definition) is 2. The second-order valence-corrected chi connectivity index (χ2v) is 6.06. The van der Waals surface area contributed by atoms with Gasteiger partial charge in [-0.3, -0.25) is 14.5 Å². The molecule has 2 unspecified atom stereocenters. The molecule has 1 aliphatic carbocycles. The average Bonchev–Trinajstić information content (AvgIpc) is 2.92. The van der Waals surface area contributed by atoms with Gasteiger partial charge in [0.15, 0.2) is 0 Å². The molecule has 1 aromatic rings. The topological polar surface area (TPSA) is 37.4 Å². The number of carbonyl (C=O) groups excluding carboxylic acids is 2. The van der Waals surface area contributed by atoms with Crippen LogP contribution in [0.25, 0.3) is 0 Å². The summed E-state index contributed by atoms with van der Waals surface area (Å²) >= 11 is 3.18. The summed E-state index contributed by atoms with van der Waals surface area (Å²) in [6, 6.07) is 4.67. The van der Waals surface area contributed by atoms with Crippen molar-refractivity contribution >= 4 is 27.7 Å². The molecule has 2 amide bonds. The Balaban J connectivity index is 1.84. The standard InChI is InChI=1S/C14H13BrFNO2/c15-9-5-4-8(12(16)6-9)7-17-13(18)10-2-1-3-11(10)14(17)19/h4-6,10-11H,1-3,7H2. The molecule has 3 nitrogen and oxygen atoms in total. The fourth-order valence-corrected chi connectivity index (χ4v) is 3.37. The molecule has 1 heterocycles. The maximum absolute atomic E-state index is 13.8. The first kappa shape index (κ1) is 12.8. The fraction of sp³-hybridized carbons (Fsp3) is 0.429. The number of likely N-dealkylation sites (tertiary alicyclic amines) is 1. The molecule has 0 spiro atoms. The first-order chi connectivity index (χ1) is 9.08. The van der Waals surface area contributed by atoms with E-state index in [2.05, 4.69) is 15.9 Å². The van der Waals surface area contributed by atoms with Gasteiger partial charge < -0.3 is 0 Å². The minimum absolute atomic E-state index is 0.0454. The van der Waals surface area contributed by atoms with Crippen molar-refractivity contribution in [1.29, 1.82) is 0 Å². The summed E-state index contributed by atoms with van der Waals surface area (Å²) in [7, 11) is 0. The Bertz CT molecular complexity index is 538. The quantitative estimate of drug-likeness (QED) is 0.784. The molecule has 2 fully saturated rings. The van der Waals surface area contributed by atoms with E-state index in [9.17, 15) is 14.0 Å². The van der Waals surface area contributed by atoms with Crippen molar-refractivity contribution in [2.75, 3.05) is 0 Å². The van der Waals surface area contributed by atoms with E-state index < -0.39 is 5.82 Å². The fourth-order valence-electron chi connectivity index (χ4n) is 3.04. The molecule has 0 bridgehead atoms. The van der Waals surface area contributed by atoms with Crippen molar-refractivity contribution in [2.45, 2.75) is 25.8 Å². The number of nitrogens with zero attached hydrogens (tertiary/aromatic N) is 1. The third-order valence-electron chi connectivity index (χ3n) is 4.03. The second-order valence-electron chi connectivity index (χ2n) is 5.14. The smallest absolute Gasteiger partial charge is 0.233 e. The van der Waals surface area contributed by atoms with Crippen LogP contribution in [-0.4, -0.2) is 16.7 Å². The van der Waals surface area contributed by atoms with E-state index in [4.69, 9.17) is 0 Å². The molecule has 1 aromatic carbocycles. The zero-order chi connectivity index (χ0) is 13.6. The van der Waals surface area contributed by atoms with E-state index in [1.165, 1.54) is 11.0 Å². The SMILES string of the molecule is O=C1C2CCCC2C(=O)N1Cc1ccc(Br)cc1F. The molecule has 2 aliphatic rings. The molecule has 3 rings (SSSR count). The number of halogens is 2. The number of amides is 2. The monoisotopic (exact) mass is 325 g/mol. The summed E-state index contributed by atoms with van der Waals surface area (Å²) < 4.78 is 14.4. The minimum atomic E-state index is -0.396. The van der Waals surface area contributed by atoms with Crippen molar-refractivity contribution in [3.8, 4) is 0 Å². The van der Waals surface area contributed by atoms with Crippen LogP contribution < -0.4 is 0 Å². The van der Waals surface area contributed by atoms with Crippen LogP contribution in [0.5, 0.6) is 0 Å². The van der Waals surface area contributed by atoms with Crippen molar-refractivity contribution < 1.29 is 14.0 Å². The van der Waals surface area contributed by atoms with E-state index >= 15 is 0 Å². The van der Waals surface area contributed by atoms with Crippen LogP contribution in [-0.2, 0) is 16.1 Å². The van der Waals surface area contributed by atoms with Gasteiger partial charge in [-0.1, -0.05) is 28.4 Å². The molecular weight excluding hydrogens is 313 g/mol. The highest BCUT2D eigenvalue weighted by atomic mass is 79.9. The van der Waals surface area contributed by atoms with Gasteiger partial charge in [0.05, 0.1) is 18.4 Å². The summed E-state index contributed by atoms with van der Waals surface area (Å²) in [5.74, 6) is -0.978.